The molecule has 1 aromatic carbocycles. The third-order valence-electron chi connectivity index (χ3n) is 4.25. The number of ether oxygens (including phenoxy) is 1. The smallest absolute Gasteiger partial charge is 0.246 e. The van der Waals surface area contributed by atoms with Gasteiger partial charge in [-0.05, 0) is 18.4 Å². The third kappa shape index (κ3) is 5.14. The van der Waals surface area contributed by atoms with Crippen LogP contribution in [0.15, 0.2) is 30.3 Å². The van der Waals surface area contributed by atoms with Crippen LogP contribution in [0.1, 0.15) is 37.7 Å². The number of benzene rings is 1. The second kappa shape index (κ2) is 8.15. The number of aliphatic hydroxyl groups excluding tert-OH is 1. The van der Waals surface area contributed by atoms with Crippen molar-refractivity contribution in [1.29, 1.82) is 0 Å². The lowest BCUT2D eigenvalue weighted by molar-refractivity contribution is -0.127. The van der Waals surface area contributed by atoms with E-state index in [1.54, 1.807) is 0 Å². The van der Waals surface area contributed by atoms with Crippen molar-refractivity contribution in [3.8, 4) is 0 Å². The minimum absolute atomic E-state index is 0.0659. The van der Waals surface area contributed by atoms with Crippen LogP contribution < -0.4 is 5.32 Å². The zero-order chi connectivity index (χ0) is 15.0. The molecule has 0 atom stereocenters. The van der Waals surface area contributed by atoms with E-state index in [2.05, 4.69) is 5.32 Å². The summed E-state index contributed by atoms with van der Waals surface area (Å²) in [5.41, 5.74) is 0.942. The monoisotopic (exact) mass is 291 g/mol. The maximum absolute atomic E-state index is 11.8. The number of hydrogen-bond donors (Lipinski definition) is 2. The lowest BCUT2D eigenvalue weighted by Crippen LogP contribution is -2.42. The van der Waals surface area contributed by atoms with E-state index in [9.17, 15) is 9.90 Å². The Kier molecular flexibility index (Phi) is 6.21. The molecule has 2 rings (SSSR count). The van der Waals surface area contributed by atoms with Gasteiger partial charge in [-0.1, -0.05) is 49.6 Å². The summed E-state index contributed by atoms with van der Waals surface area (Å²) in [5, 5.41) is 12.5. The molecule has 2 N–H and O–H groups in total. The van der Waals surface area contributed by atoms with Gasteiger partial charge < -0.3 is 15.2 Å². The minimum atomic E-state index is -0.118. The lowest BCUT2D eigenvalue weighted by Gasteiger charge is -2.35. The van der Waals surface area contributed by atoms with Crippen LogP contribution in [0.2, 0.25) is 0 Å². The highest BCUT2D eigenvalue weighted by molar-refractivity contribution is 5.77. The first-order valence-corrected chi connectivity index (χ1v) is 7.73. The van der Waals surface area contributed by atoms with Crippen molar-refractivity contribution in [2.45, 2.75) is 38.7 Å². The molecule has 116 valence electrons. The Labute approximate surface area is 126 Å². The summed E-state index contributed by atoms with van der Waals surface area (Å²) in [7, 11) is 0. The molecule has 1 saturated carbocycles. The summed E-state index contributed by atoms with van der Waals surface area (Å²) in [6, 6.07) is 9.80. The number of hydrogen-bond acceptors (Lipinski definition) is 3. The van der Waals surface area contributed by atoms with Crippen LogP contribution in [0.4, 0.5) is 0 Å². The molecular formula is C17H25NO3. The predicted molar refractivity (Wildman–Crippen MR) is 81.7 cm³/mol. The summed E-state index contributed by atoms with van der Waals surface area (Å²) in [6.07, 6.45) is 5.50. The first-order valence-electron chi connectivity index (χ1n) is 7.73. The van der Waals surface area contributed by atoms with E-state index in [0.29, 0.717) is 13.2 Å². The van der Waals surface area contributed by atoms with Crippen molar-refractivity contribution in [1.82, 2.24) is 5.32 Å². The Morgan fingerprint density at radius 1 is 1.19 bits per heavy atom. The van der Waals surface area contributed by atoms with Gasteiger partial charge in [-0.2, -0.15) is 0 Å². The first-order chi connectivity index (χ1) is 10.2. The van der Waals surface area contributed by atoms with Crippen LogP contribution in [-0.2, 0) is 16.1 Å². The van der Waals surface area contributed by atoms with Crippen LogP contribution in [0.25, 0.3) is 0 Å². The van der Waals surface area contributed by atoms with E-state index in [4.69, 9.17) is 4.74 Å². The molecule has 0 bridgehead atoms. The lowest BCUT2D eigenvalue weighted by atomic mass is 9.74. The molecule has 1 fully saturated rings. The molecule has 0 saturated heterocycles. The normalized spacial score (nSPS) is 17.4. The Morgan fingerprint density at radius 3 is 2.57 bits per heavy atom. The van der Waals surface area contributed by atoms with Crippen LogP contribution in [0.3, 0.4) is 0 Å². The zero-order valence-electron chi connectivity index (χ0n) is 12.5. The second-order valence-electron chi connectivity index (χ2n) is 5.97. The second-order valence-corrected chi connectivity index (χ2v) is 5.97. The molecule has 0 radical (unpaired) electrons. The van der Waals surface area contributed by atoms with Crippen molar-refractivity contribution < 1.29 is 14.6 Å². The SMILES string of the molecule is O=C(COCc1ccccc1)NCC1(CO)CCCCC1. The number of carbonyl (C=O) groups is 1. The number of aliphatic hydroxyl groups is 1. The van der Waals surface area contributed by atoms with E-state index in [0.717, 1.165) is 31.2 Å². The molecular weight excluding hydrogens is 266 g/mol. The molecule has 0 spiro atoms. The maximum Gasteiger partial charge on any atom is 0.246 e. The fraction of sp³-hybridized carbons (Fsp3) is 0.588. The van der Waals surface area contributed by atoms with Gasteiger partial charge in [0.05, 0.1) is 13.2 Å². The topological polar surface area (TPSA) is 58.6 Å². The highest BCUT2D eigenvalue weighted by Gasteiger charge is 2.31. The number of carbonyl (C=O) groups excluding carboxylic acids is 1. The van der Waals surface area contributed by atoms with E-state index < -0.39 is 0 Å². The Balaban J connectivity index is 1.67. The minimum Gasteiger partial charge on any atom is -0.396 e. The molecule has 1 aliphatic rings. The third-order valence-corrected chi connectivity index (χ3v) is 4.25. The highest BCUT2D eigenvalue weighted by atomic mass is 16.5. The Hall–Kier alpha value is -1.39. The average molecular weight is 291 g/mol. The fourth-order valence-electron chi connectivity index (χ4n) is 2.87. The molecule has 21 heavy (non-hydrogen) atoms. The van der Waals surface area contributed by atoms with E-state index in [1.165, 1.54) is 6.42 Å². The van der Waals surface area contributed by atoms with Gasteiger partial charge in [-0.3, -0.25) is 4.79 Å². The number of nitrogens with one attached hydrogen (secondary N) is 1. The summed E-state index contributed by atoms with van der Waals surface area (Å²) < 4.78 is 5.41. The van der Waals surface area contributed by atoms with Crippen LogP contribution in [-0.4, -0.2) is 30.8 Å². The summed E-state index contributed by atoms with van der Waals surface area (Å²) in [6.45, 7) is 1.21. The molecule has 0 unspecified atom stereocenters. The van der Waals surface area contributed by atoms with Gasteiger partial charge in [0.1, 0.15) is 6.61 Å². The quantitative estimate of drug-likeness (QED) is 0.810. The zero-order valence-corrected chi connectivity index (χ0v) is 12.5. The molecule has 1 aromatic rings. The first kappa shape index (κ1) is 16.0. The molecule has 0 aliphatic heterocycles. The van der Waals surface area contributed by atoms with Gasteiger partial charge in [-0.15, -0.1) is 0 Å². The average Bonchev–Trinajstić information content (AvgIpc) is 2.55. The fourth-order valence-corrected chi connectivity index (χ4v) is 2.87. The summed E-state index contributed by atoms with van der Waals surface area (Å²) in [4.78, 5) is 11.8. The predicted octanol–water partition coefficient (Wildman–Crippen LogP) is 2.26. The number of rotatable bonds is 7. The largest absolute Gasteiger partial charge is 0.396 e. The molecule has 4 nitrogen and oxygen atoms in total. The Bertz CT molecular complexity index is 427. The van der Waals surface area contributed by atoms with E-state index in [1.807, 2.05) is 30.3 Å². The van der Waals surface area contributed by atoms with E-state index >= 15 is 0 Å². The molecule has 0 heterocycles. The number of amides is 1. The van der Waals surface area contributed by atoms with Crippen molar-refractivity contribution >= 4 is 5.91 Å². The Morgan fingerprint density at radius 2 is 1.90 bits per heavy atom. The van der Waals surface area contributed by atoms with Crippen molar-refractivity contribution in [3.63, 3.8) is 0 Å². The van der Waals surface area contributed by atoms with Crippen LogP contribution in [0, 0.1) is 5.41 Å². The highest BCUT2D eigenvalue weighted by Crippen LogP contribution is 2.35. The molecule has 1 amide bonds. The van der Waals surface area contributed by atoms with Crippen molar-refractivity contribution in [2.24, 2.45) is 5.41 Å². The van der Waals surface area contributed by atoms with Crippen LogP contribution >= 0.6 is 0 Å². The van der Waals surface area contributed by atoms with Crippen molar-refractivity contribution in [2.75, 3.05) is 19.8 Å². The van der Waals surface area contributed by atoms with Crippen LogP contribution in [0.5, 0.6) is 0 Å². The maximum atomic E-state index is 11.8. The van der Waals surface area contributed by atoms with Gasteiger partial charge in [0.2, 0.25) is 5.91 Å². The standard InChI is InChI=1S/C17H25NO3/c19-14-17(9-5-2-6-10-17)13-18-16(20)12-21-11-15-7-3-1-4-8-15/h1,3-4,7-8,19H,2,5-6,9-14H2,(H,18,20). The van der Waals surface area contributed by atoms with Crippen molar-refractivity contribution in [3.05, 3.63) is 35.9 Å². The van der Waals surface area contributed by atoms with Gasteiger partial charge >= 0.3 is 0 Å². The van der Waals surface area contributed by atoms with Gasteiger partial charge in [0, 0.05) is 12.0 Å². The molecule has 4 heteroatoms. The van der Waals surface area contributed by atoms with Gasteiger partial charge in [-0.25, -0.2) is 0 Å². The van der Waals surface area contributed by atoms with Gasteiger partial charge in [0.15, 0.2) is 0 Å². The van der Waals surface area contributed by atoms with E-state index in [-0.39, 0.29) is 24.5 Å². The van der Waals surface area contributed by atoms with Gasteiger partial charge in [0.25, 0.3) is 0 Å². The molecule has 0 aromatic heterocycles. The summed E-state index contributed by atoms with van der Waals surface area (Å²) >= 11 is 0. The summed E-state index contributed by atoms with van der Waals surface area (Å²) in [5.74, 6) is -0.107. The molecule has 1 aliphatic carbocycles.